The first-order valence-corrected chi connectivity index (χ1v) is 4.79. The Labute approximate surface area is 92.7 Å². The van der Waals surface area contributed by atoms with E-state index < -0.39 is 0 Å². The zero-order valence-corrected chi connectivity index (χ0v) is 9.14. The third-order valence-corrected chi connectivity index (χ3v) is 1.96. The van der Waals surface area contributed by atoms with E-state index in [-0.39, 0.29) is 10.2 Å². The van der Waals surface area contributed by atoms with Crippen LogP contribution in [0, 0.1) is 6.92 Å². The fourth-order valence-corrected chi connectivity index (χ4v) is 1.04. The van der Waals surface area contributed by atoms with Crippen molar-refractivity contribution in [3.8, 4) is 11.5 Å². The molecule has 0 saturated heterocycles. The van der Waals surface area contributed by atoms with Gasteiger partial charge < -0.3 is 9.84 Å². The molecule has 0 aliphatic carbocycles. The number of ether oxygens (including phenoxy) is 1. The van der Waals surface area contributed by atoms with Gasteiger partial charge in [-0.3, -0.25) is 0 Å². The SMILES string of the molecule is Cc1cc(OCC=C(Cl)Cl)ccc1O. The molecule has 0 aliphatic rings. The summed E-state index contributed by atoms with van der Waals surface area (Å²) < 4.78 is 5.48. The summed E-state index contributed by atoms with van der Waals surface area (Å²) in [5, 5.41) is 9.25. The van der Waals surface area contributed by atoms with Gasteiger partial charge >= 0.3 is 0 Å². The monoisotopic (exact) mass is 232 g/mol. The van der Waals surface area contributed by atoms with Crippen molar-refractivity contribution in [3.63, 3.8) is 0 Å². The van der Waals surface area contributed by atoms with Crippen molar-refractivity contribution in [2.75, 3.05) is 6.61 Å². The minimum absolute atomic E-state index is 0.181. The minimum Gasteiger partial charge on any atom is -0.508 e. The Morgan fingerprint density at radius 3 is 2.79 bits per heavy atom. The van der Waals surface area contributed by atoms with Crippen LogP contribution in [0.5, 0.6) is 11.5 Å². The maximum atomic E-state index is 9.25. The van der Waals surface area contributed by atoms with Gasteiger partial charge in [0.2, 0.25) is 0 Å². The van der Waals surface area contributed by atoms with Crippen LogP contribution in [0.1, 0.15) is 5.56 Å². The summed E-state index contributed by atoms with van der Waals surface area (Å²) in [6.07, 6.45) is 1.55. The van der Waals surface area contributed by atoms with E-state index in [9.17, 15) is 5.11 Å². The maximum absolute atomic E-state index is 9.25. The highest BCUT2D eigenvalue weighted by molar-refractivity contribution is 6.55. The molecule has 14 heavy (non-hydrogen) atoms. The lowest BCUT2D eigenvalue weighted by molar-refractivity contribution is 0.361. The Morgan fingerprint density at radius 1 is 1.50 bits per heavy atom. The molecule has 0 spiro atoms. The molecule has 1 aromatic carbocycles. The number of phenolic OH excluding ortho intramolecular Hbond substituents is 1. The number of benzene rings is 1. The van der Waals surface area contributed by atoms with E-state index in [1.165, 1.54) is 0 Å². The molecule has 1 N–H and O–H groups in total. The molecule has 76 valence electrons. The number of aryl methyl sites for hydroxylation is 1. The highest BCUT2D eigenvalue weighted by Crippen LogP contribution is 2.21. The fourth-order valence-electron chi connectivity index (χ4n) is 0.919. The van der Waals surface area contributed by atoms with Crippen molar-refractivity contribution in [1.82, 2.24) is 0 Å². The molecule has 0 bridgehead atoms. The van der Waals surface area contributed by atoms with Crippen LogP contribution in [0.25, 0.3) is 0 Å². The molecule has 4 heteroatoms. The molecule has 2 nitrogen and oxygen atoms in total. The molecule has 0 unspecified atom stereocenters. The number of aromatic hydroxyl groups is 1. The molecule has 0 fully saturated rings. The van der Waals surface area contributed by atoms with Gasteiger partial charge in [0.1, 0.15) is 22.6 Å². The van der Waals surface area contributed by atoms with Crippen LogP contribution < -0.4 is 4.74 Å². The summed E-state index contributed by atoms with van der Waals surface area (Å²) in [7, 11) is 0. The van der Waals surface area contributed by atoms with Crippen LogP contribution in [0.4, 0.5) is 0 Å². The summed E-state index contributed by atoms with van der Waals surface area (Å²) in [6.45, 7) is 2.11. The number of hydrogen-bond donors (Lipinski definition) is 1. The zero-order valence-electron chi connectivity index (χ0n) is 7.63. The molecule has 0 aliphatic heterocycles. The molecule has 0 radical (unpaired) electrons. The molecular formula is C10H10Cl2O2. The second-order valence-corrected chi connectivity index (χ2v) is 3.76. The van der Waals surface area contributed by atoms with Gasteiger partial charge in [-0.05, 0) is 36.8 Å². The van der Waals surface area contributed by atoms with Crippen LogP contribution >= 0.6 is 23.2 Å². The first-order chi connectivity index (χ1) is 6.59. The minimum atomic E-state index is 0.181. The van der Waals surface area contributed by atoms with Crippen molar-refractivity contribution >= 4 is 23.2 Å². The smallest absolute Gasteiger partial charge is 0.120 e. The Kier molecular flexibility index (Phi) is 4.11. The summed E-state index contributed by atoms with van der Waals surface area (Å²) in [6, 6.07) is 5.00. The Bertz CT molecular complexity index is 344. The first kappa shape index (κ1) is 11.2. The van der Waals surface area contributed by atoms with E-state index in [0.717, 1.165) is 5.56 Å². The van der Waals surface area contributed by atoms with Gasteiger partial charge in [-0.2, -0.15) is 0 Å². The van der Waals surface area contributed by atoms with Gasteiger partial charge in [-0.1, -0.05) is 23.2 Å². The van der Waals surface area contributed by atoms with E-state index in [4.69, 9.17) is 27.9 Å². The second-order valence-electron chi connectivity index (χ2n) is 2.75. The van der Waals surface area contributed by atoms with E-state index in [0.29, 0.717) is 12.4 Å². The average Bonchev–Trinajstić information content (AvgIpc) is 2.10. The van der Waals surface area contributed by atoms with Crippen molar-refractivity contribution in [3.05, 3.63) is 34.3 Å². The first-order valence-electron chi connectivity index (χ1n) is 4.03. The second kappa shape index (κ2) is 5.13. The van der Waals surface area contributed by atoms with Gasteiger partial charge in [0, 0.05) is 0 Å². The summed E-state index contributed by atoms with van der Waals surface area (Å²) in [5.41, 5.74) is 0.767. The molecule has 0 saturated carbocycles. The van der Waals surface area contributed by atoms with Gasteiger partial charge in [0.15, 0.2) is 0 Å². The fraction of sp³-hybridized carbons (Fsp3) is 0.200. The summed E-state index contributed by atoms with van der Waals surface area (Å²) in [4.78, 5) is 0. The zero-order chi connectivity index (χ0) is 10.6. The van der Waals surface area contributed by atoms with Gasteiger partial charge in [-0.25, -0.2) is 0 Å². The van der Waals surface area contributed by atoms with Crippen LogP contribution in [0.2, 0.25) is 0 Å². The Hall–Kier alpha value is -0.860. The average molecular weight is 233 g/mol. The van der Waals surface area contributed by atoms with Crippen molar-refractivity contribution < 1.29 is 9.84 Å². The molecule has 0 atom stereocenters. The standard InChI is InChI=1S/C10H10Cl2O2/c1-7-6-8(2-3-9(7)13)14-5-4-10(11)12/h2-4,6,13H,5H2,1H3. The van der Waals surface area contributed by atoms with E-state index >= 15 is 0 Å². The number of hydrogen-bond acceptors (Lipinski definition) is 2. The van der Waals surface area contributed by atoms with Crippen LogP contribution in [0.15, 0.2) is 28.8 Å². The van der Waals surface area contributed by atoms with Crippen LogP contribution in [0.3, 0.4) is 0 Å². The molecule has 0 aromatic heterocycles. The van der Waals surface area contributed by atoms with Crippen LogP contribution in [-0.2, 0) is 0 Å². The summed E-state index contributed by atoms with van der Waals surface area (Å²) in [5.74, 6) is 0.925. The van der Waals surface area contributed by atoms with Gasteiger partial charge in [-0.15, -0.1) is 0 Å². The predicted octanol–water partition coefficient (Wildman–Crippen LogP) is 3.40. The van der Waals surface area contributed by atoms with Crippen LogP contribution in [-0.4, -0.2) is 11.7 Å². The van der Waals surface area contributed by atoms with Crippen molar-refractivity contribution in [2.45, 2.75) is 6.92 Å². The van der Waals surface area contributed by atoms with Gasteiger partial charge in [0.25, 0.3) is 0 Å². The molecular weight excluding hydrogens is 223 g/mol. The lowest BCUT2D eigenvalue weighted by atomic mass is 10.2. The number of phenols is 1. The highest BCUT2D eigenvalue weighted by Gasteiger charge is 1.97. The van der Waals surface area contributed by atoms with E-state index in [1.54, 1.807) is 31.2 Å². The largest absolute Gasteiger partial charge is 0.508 e. The van der Waals surface area contributed by atoms with Crippen molar-refractivity contribution in [1.29, 1.82) is 0 Å². The quantitative estimate of drug-likeness (QED) is 0.866. The third-order valence-electron chi connectivity index (χ3n) is 1.66. The molecule has 0 heterocycles. The van der Waals surface area contributed by atoms with Crippen molar-refractivity contribution in [2.24, 2.45) is 0 Å². The predicted molar refractivity (Wildman–Crippen MR) is 58.1 cm³/mol. The Balaban J connectivity index is 2.60. The van der Waals surface area contributed by atoms with Gasteiger partial charge in [0.05, 0.1) is 0 Å². The lowest BCUT2D eigenvalue weighted by Crippen LogP contribution is -1.93. The maximum Gasteiger partial charge on any atom is 0.120 e. The normalized spacial score (nSPS) is 9.64. The van der Waals surface area contributed by atoms with E-state index in [1.807, 2.05) is 0 Å². The number of halogens is 2. The summed E-state index contributed by atoms with van der Waals surface area (Å²) >= 11 is 10.8. The Morgan fingerprint density at radius 2 is 2.21 bits per heavy atom. The topological polar surface area (TPSA) is 29.5 Å². The number of rotatable bonds is 3. The lowest BCUT2D eigenvalue weighted by Gasteiger charge is -2.05. The highest BCUT2D eigenvalue weighted by atomic mass is 35.5. The van der Waals surface area contributed by atoms with E-state index in [2.05, 4.69) is 0 Å². The molecule has 1 aromatic rings. The molecule has 0 amide bonds. The third kappa shape index (κ3) is 3.48. The molecule has 1 rings (SSSR count).